The van der Waals surface area contributed by atoms with Crippen molar-refractivity contribution in [2.75, 3.05) is 18.9 Å². The number of rotatable bonds is 6. The highest BCUT2D eigenvalue weighted by atomic mass is 15.2. The first-order valence-electron chi connectivity index (χ1n) is 6.53. The molecule has 0 atom stereocenters. The van der Waals surface area contributed by atoms with Crippen LogP contribution in [0.25, 0.3) is 0 Å². The number of hydrogen-bond donors (Lipinski definition) is 1. The van der Waals surface area contributed by atoms with E-state index in [1.165, 1.54) is 5.56 Å². The fraction of sp³-hybridized carbons (Fsp3) is 0.429. The Bertz CT molecular complexity index is 520. The molecule has 2 rings (SSSR count). The molecular formula is C14H21N5. The first-order valence-corrected chi connectivity index (χ1v) is 6.53. The van der Waals surface area contributed by atoms with Gasteiger partial charge in [0, 0.05) is 38.4 Å². The van der Waals surface area contributed by atoms with Gasteiger partial charge < -0.3 is 5.32 Å². The van der Waals surface area contributed by atoms with E-state index in [1.807, 2.05) is 36.3 Å². The van der Waals surface area contributed by atoms with Gasteiger partial charge in [0.2, 0.25) is 0 Å². The lowest BCUT2D eigenvalue weighted by atomic mass is 10.3. The molecule has 0 aromatic carbocycles. The number of aryl methyl sites for hydroxylation is 1. The van der Waals surface area contributed by atoms with Crippen LogP contribution in [0, 0.1) is 0 Å². The minimum Gasteiger partial charge on any atom is -0.370 e. The fourth-order valence-electron chi connectivity index (χ4n) is 2.04. The van der Waals surface area contributed by atoms with Crippen molar-refractivity contribution in [1.82, 2.24) is 19.7 Å². The smallest absolute Gasteiger partial charge is 0.126 e. The fourth-order valence-corrected chi connectivity index (χ4v) is 2.04. The van der Waals surface area contributed by atoms with Crippen molar-refractivity contribution < 1.29 is 0 Å². The van der Waals surface area contributed by atoms with Crippen LogP contribution in [0.4, 0.5) is 5.82 Å². The summed E-state index contributed by atoms with van der Waals surface area (Å²) in [6.07, 6.45) is 3.94. The lowest BCUT2D eigenvalue weighted by Crippen LogP contribution is -2.18. The summed E-state index contributed by atoms with van der Waals surface area (Å²) >= 11 is 0. The Kier molecular flexibility index (Phi) is 4.52. The highest BCUT2D eigenvalue weighted by Gasteiger charge is 2.05. The summed E-state index contributed by atoms with van der Waals surface area (Å²) < 4.78 is 1.83. The number of hydrogen-bond acceptors (Lipinski definition) is 4. The van der Waals surface area contributed by atoms with Crippen molar-refractivity contribution in [2.24, 2.45) is 7.05 Å². The molecule has 0 radical (unpaired) electrons. The van der Waals surface area contributed by atoms with E-state index >= 15 is 0 Å². The Morgan fingerprint density at radius 2 is 2.16 bits per heavy atom. The lowest BCUT2D eigenvalue weighted by Gasteiger charge is -2.15. The molecule has 0 aliphatic rings. The molecule has 19 heavy (non-hydrogen) atoms. The molecule has 5 heteroatoms. The molecule has 0 unspecified atom stereocenters. The molecule has 0 aliphatic carbocycles. The van der Waals surface area contributed by atoms with Crippen molar-refractivity contribution in [2.45, 2.75) is 20.0 Å². The lowest BCUT2D eigenvalue weighted by molar-refractivity contribution is 0.315. The van der Waals surface area contributed by atoms with E-state index in [2.05, 4.69) is 40.3 Å². The number of aromatic nitrogens is 3. The summed E-state index contributed by atoms with van der Waals surface area (Å²) in [5.74, 6) is 0.940. The van der Waals surface area contributed by atoms with Gasteiger partial charge in [0.25, 0.3) is 0 Å². The molecule has 0 spiro atoms. The summed E-state index contributed by atoms with van der Waals surface area (Å²) in [6, 6.07) is 6.09. The van der Waals surface area contributed by atoms with Crippen LogP contribution in [0.1, 0.15) is 18.2 Å². The molecule has 2 heterocycles. The van der Waals surface area contributed by atoms with E-state index in [1.54, 1.807) is 0 Å². The van der Waals surface area contributed by atoms with Crippen molar-refractivity contribution in [1.29, 1.82) is 0 Å². The zero-order chi connectivity index (χ0) is 13.7. The zero-order valence-corrected chi connectivity index (χ0v) is 11.8. The molecule has 1 N–H and O–H groups in total. The Morgan fingerprint density at radius 1 is 1.32 bits per heavy atom. The Labute approximate surface area is 114 Å². The van der Waals surface area contributed by atoms with Gasteiger partial charge in [-0.1, -0.05) is 6.07 Å². The average Bonchev–Trinajstić information content (AvgIpc) is 2.75. The topological polar surface area (TPSA) is 46.0 Å². The molecule has 2 aromatic rings. The average molecular weight is 259 g/mol. The number of nitrogens with zero attached hydrogens (tertiary/aromatic N) is 4. The third kappa shape index (κ3) is 4.06. The highest BCUT2D eigenvalue weighted by Crippen LogP contribution is 2.09. The summed E-state index contributed by atoms with van der Waals surface area (Å²) in [5, 5.41) is 7.41. The number of nitrogens with one attached hydrogen (secondary N) is 1. The van der Waals surface area contributed by atoms with Gasteiger partial charge in [-0.25, -0.2) is 4.98 Å². The van der Waals surface area contributed by atoms with Gasteiger partial charge in [0.05, 0.1) is 11.9 Å². The predicted molar refractivity (Wildman–Crippen MR) is 76.8 cm³/mol. The summed E-state index contributed by atoms with van der Waals surface area (Å²) in [6.45, 7) is 4.67. The maximum atomic E-state index is 4.58. The molecule has 0 fully saturated rings. The molecule has 0 bridgehead atoms. The third-order valence-corrected chi connectivity index (χ3v) is 2.81. The zero-order valence-electron chi connectivity index (χ0n) is 11.8. The molecule has 0 saturated carbocycles. The molecule has 0 saturated heterocycles. The van der Waals surface area contributed by atoms with Crippen molar-refractivity contribution >= 4 is 5.82 Å². The van der Waals surface area contributed by atoms with E-state index in [-0.39, 0.29) is 0 Å². The standard InChI is InChI=1S/C14H21N5/c1-4-15-14-7-5-6-13(17-14)11-18(2)9-12-8-16-19(3)10-12/h5-8,10H,4,9,11H2,1-3H3,(H,15,17). The van der Waals surface area contributed by atoms with Crippen LogP contribution in [0.2, 0.25) is 0 Å². The number of anilines is 1. The van der Waals surface area contributed by atoms with Crippen LogP contribution in [-0.2, 0) is 20.1 Å². The number of pyridine rings is 1. The monoisotopic (exact) mass is 259 g/mol. The highest BCUT2D eigenvalue weighted by molar-refractivity contribution is 5.34. The summed E-state index contributed by atoms with van der Waals surface area (Å²) in [7, 11) is 4.03. The maximum absolute atomic E-state index is 4.58. The van der Waals surface area contributed by atoms with Gasteiger partial charge in [-0.15, -0.1) is 0 Å². The van der Waals surface area contributed by atoms with Gasteiger partial charge in [-0.3, -0.25) is 9.58 Å². The molecule has 0 aliphatic heterocycles. The first kappa shape index (κ1) is 13.5. The molecule has 102 valence electrons. The normalized spacial score (nSPS) is 10.9. The van der Waals surface area contributed by atoms with Crippen LogP contribution >= 0.6 is 0 Å². The molecule has 2 aromatic heterocycles. The second-order valence-electron chi connectivity index (χ2n) is 4.74. The van der Waals surface area contributed by atoms with Crippen molar-refractivity contribution in [3.05, 3.63) is 41.9 Å². The second-order valence-corrected chi connectivity index (χ2v) is 4.74. The second kappa shape index (κ2) is 6.33. The van der Waals surface area contributed by atoms with Crippen LogP contribution in [-0.4, -0.2) is 33.3 Å². The molecule has 5 nitrogen and oxygen atoms in total. The Balaban J connectivity index is 1.94. The summed E-state index contributed by atoms with van der Waals surface area (Å²) in [5.41, 5.74) is 2.29. The van der Waals surface area contributed by atoms with Gasteiger partial charge in [0.15, 0.2) is 0 Å². The first-order chi connectivity index (χ1) is 9.17. The SMILES string of the molecule is CCNc1cccc(CN(C)Cc2cnn(C)c2)n1. The predicted octanol–water partition coefficient (Wildman–Crippen LogP) is 1.88. The largest absolute Gasteiger partial charge is 0.370 e. The summed E-state index contributed by atoms with van der Waals surface area (Å²) in [4.78, 5) is 6.81. The maximum Gasteiger partial charge on any atom is 0.126 e. The van der Waals surface area contributed by atoms with E-state index in [4.69, 9.17) is 0 Å². The van der Waals surface area contributed by atoms with Crippen molar-refractivity contribution in [3.63, 3.8) is 0 Å². The van der Waals surface area contributed by atoms with E-state index in [9.17, 15) is 0 Å². The minimum atomic E-state index is 0.828. The Hall–Kier alpha value is -1.88. The van der Waals surface area contributed by atoms with Crippen LogP contribution < -0.4 is 5.32 Å². The van der Waals surface area contributed by atoms with Crippen LogP contribution in [0.3, 0.4) is 0 Å². The van der Waals surface area contributed by atoms with Crippen LogP contribution in [0.15, 0.2) is 30.6 Å². The van der Waals surface area contributed by atoms with E-state index in [0.717, 1.165) is 31.1 Å². The quantitative estimate of drug-likeness (QED) is 0.860. The van der Waals surface area contributed by atoms with Gasteiger partial charge in [-0.2, -0.15) is 5.10 Å². The van der Waals surface area contributed by atoms with Crippen molar-refractivity contribution in [3.8, 4) is 0 Å². The third-order valence-electron chi connectivity index (χ3n) is 2.81. The van der Waals surface area contributed by atoms with Gasteiger partial charge in [-0.05, 0) is 26.1 Å². The molecule has 0 amide bonds. The van der Waals surface area contributed by atoms with E-state index < -0.39 is 0 Å². The Morgan fingerprint density at radius 3 is 2.84 bits per heavy atom. The van der Waals surface area contributed by atoms with E-state index in [0.29, 0.717) is 0 Å². The van der Waals surface area contributed by atoms with Crippen LogP contribution in [0.5, 0.6) is 0 Å². The molecular weight excluding hydrogens is 238 g/mol. The van der Waals surface area contributed by atoms with Gasteiger partial charge >= 0.3 is 0 Å². The van der Waals surface area contributed by atoms with Gasteiger partial charge in [0.1, 0.15) is 5.82 Å². The minimum absolute atomic E-state index is 0.828.